The second-order valence-corrected chi connectivity index (χ2v) is 5.84. The van der Waals surface area contributed by atoms with E-state index >= 15 is 0 Å². The number of nitrogens with zero attached hydrogens (tertiary/aromatic N) is 2. The third kappa shape index (κ3) is 2.81. The lowest BCUT2D eigenvalue weighted by Gasteiger charge is -2.19. The zero-order valence-corrected chi connectivity index (χ0v) is 12.5. The summed E-state index contributed by atoms with van der Waals surface area (Å²) in [6.07, 6.45) is 2.28. The highest BCUT2D eigenvalue weighted by Gasteiger charge is 2.44. The van der Waals surface area contributed by atoms with Crippen LogP contribution < -0.4 is 10.2 Å². The molecule has 1 N–H and O–H groups in total. The first-order valence-electron chi connectivity index (χ1n) is 7.54. The van der Waals surface area contributed by atoms with Crippen molar-refractivity contribution < 1.29 is 14.4 Å². The van der Waals surface area contributed by atoms with Crippen LogP contribution in [-0.2, 0) is 9.59 Å². The molecule has 1 atom stereocenters. The van der Waals surface area contributed by atoms with E-state index in [2.05, 4.69) is 5.32 Å². The van der Waals surface area contributed by atoms with Crippen LogP contribution in [0.4, 0.5) is 10.5 Å². The maximum atomic E-state index is 12.5. The topological polar surface area (TPSA) is 69.7 Å². The summed E-state index contributed by atoms with van der Waals surface area (Å²) < 4.78 is 0. The molecule has 1 aliphatic carbocycles. The molecule has 2 fully saturated rings. The van der Waals surface area contributed by atoms with Gasteiger partial charge in [-0.25, -0.2) is 4.79 Å². The fourth-order valence-electron chi connectivity index (χ4n) is 2.57. The quantitative estimate of drug-likeness (QED) is 0.835. The molecule has 116 valence electrons. The zero-order chi connectivity index (χ0) is 15.7. The Bertz CT molecular complexity index is 598. The van der Waals surface area contributed by atoms with Crippen molar-refractivity contribution in [2.75, 3.05) is 18.0 Å². The fraction of sp³-hybridized carbons (Fsp3) is 0.438. The van der Waals surface area contributed by atoms with E-state index in [4.69, 9.17) is 0 Å². The lowest BCUT2D eigenvalue weighted by molar-refractivity contribution is -0.131. The number of carbonyl (C=O) groups is 3. The predicted molar refractivity (Wildman–Crippen MR) is 81.2 cm³/mol. The van der Waals surface area contributed by atoms with Gasteiger partial charge in [0.2, 0.25) is 5.91 Å². The Morgan fingerprint density at radius 1 is 1.23 bits per heavy atom. The van der Waals surface area contributed by atoms with Crippen LogP contribution >= 0.6 is 0 Å². The van der Waals surface area contributed by atoms with E-state index in [-0.39, 0.29) is 18.4 Å². The van der Waals surface area contributed by atoms with Gasteiger partial charge in [0.05, 0.1) is 0 Å². The molecule has 1 aliphatic heterocycles. The van der Waals surface area contributed by atoms with Crippen LogP contribution in [0.1, 0.15) is 19.8 Å². The third-order valence-electron chi connectivity index (χ3n) is 4.07. The van der Waals surface area contributed by atoms with E-state index in [0.717, 1.165) is 17.7 Å². The number of nitrogens with one attached hydrogen (secondary N) is 1. The molecule has 0 radical (unpaired) electrons. The standard InChI is InChI=1S/C16H19N3O3/c1-11-15(21)18(10-14(20)17-9-12-7-8-12)16(22)19(11)13-5-3-2-4-6-13/h2-6,11-12H,7-10H2,1H3,(H,17,20). The van der Waals surface area contributed by atoms with Crippen LogP contribution in [0.2, 0.25) is 0 Å². The summed E-state index contributed by atoms with van der Waals surface area (Å²) in [6.45, 7) is 2.10. The van der Waals surface area contributed by atoms with Crippen molar-refractivity contribution in [3.8, 4) is 0 Å². The second-order valence-electron chi connectivity index (χ2n) is 5.84. The molecule has 0 aromatic heterocycles. The van der Waals surface area contributed by atoms with Crippen molar-refractivity contribution in [3.63, 3.8) is 0 Å². The largest absolute Gasteiger partial charge is 0.354 e. The molecule has 6 nitrogen and oxygen atoms in total. The van der Waals surface area contributed by atoms with Gasteiger partial charge in [-0.05, 0) is 37.8 Å². The minimum atomic E-state index is -0.592. The maximum Gasteiger partial charge on any atom is 0.332 e. The van der Waals surface area contributed by atoms with E-state index < -0.39 is 12.1 Å². The predicted octanol–water partition coefficient (Wildman–Crippen LogP) is 1.37. The first-order chi connectivity index (χ1) is 10.6. The van der Waals surface area contributed by atoms with Crippen molar-refractivity contribution >= 4 is 23.5 Å². The number of amides is 4. The fourth-order valence-corrected chi connectivity index (χ4v) is 2.57. The average molecular weight is 301 g/mol. The highest BCUT2D eigenvalue weighted by molar-refractivity contribution is 6.15. The Balaban J connectivity index is 1.68. The molecule has 1 heterocycles. The second kappa shape index (κ2) is 5.79. The van der Waals surface area contributed by atoms with E-state index in [0.29, 0.717) is 18.2 Å². The Hall–Kier alpha value is -2.37. The molecule has 1 saturated heterocycles. The summed E-state index contributed by atoms with van der Waals surface area (Å²) in [7, 11) is 0. The van der Waals surface area contributed by atoms with E-state index in [1.54, 1.807) is 19.1 Å². The van der Waals surface area contributed by atoms with Crippen LogP contribution in [0.15, 0.2) is 30.3 Å². The summed E-state index contributed by atoms with van der Waals surface area (Å²) >= 11 is 0. The van der Waals surface area contributed by atoms with Gasteiger partial charge in [-0.2, -0.15) is 0 Å². The number of benzene rings is 1. The van der Waals surface area contributed by atoms with Crippen LogP contribution in [0.5, 0.6) is 0 Å². The molecule has 1 aromatic rings. The SMILES string of the molecule is CC1C(=O)N(CC(=O)NCC2CC2)C(=O)N1c1ccccc1. The minimum absolute atomic E-state index is 0.210. The van der Waals surface area contributed by atoms with Crippen LogP contribution in [-0.4, -0.2) is 41.9 Å². The number of urea groups is 1. The van der Waals surface area contributed by atoms with Crippen LogP contribution in [0, 0.1) is 5.92 Å². The number of carbonyl (C=O) groups excluding carboxylic acids is 3. The number of para-hydroxylation sites is 1. The molecule has 1 saturated carbocycles. The van der Waals surface area contributed by atoms with Crippen molar-refractivity contribution in [2.45, 2.75) is 25.8 Å². The van der Waals surface area contributed by atoms with Crippen molar-refractivity contribution in [3.05, 3.63) is 30.3 Å². The van der Waals surface area contributed by atoms with Gasteiger partial charge in [0.1, 0.15) is 12.6 Å². The van der Waals surface area contributed by atoms with Crippen molar-refractivity contribution in [1.29, 1.82) is 0 Å². The number of hydrogen-bond donors (Lipinski definition) is 1. The van der Waals surface area contributed by atoms with Gasteiger partial charge in [-0.15, -0.1) is 0 Å². The Labute approximate surface area is 129 Å². The highest BCUT2D eigenvalue weighted by Crippen LogP contribution is 2.28. The van der Waals surface area contributed by atoms with Crippen molar-refractivity contribution in [1.82, 2.24) is 10.2 Å². The molecular weight excluding hydrogens is 282 g/mol. The van der Waals surface area contributed by atoms with Gasteiger partial charge in [-0.3, -0.25) is 19.4 Å². The van der Waals surface area contributed by atoms with Gasteiger partial charge in [-0.1, -0.05) is 18.2 Å². The molecule has 3 rings (SSSR count). The summed E-state index contributed by atoms with van der Waals surface area (Å²) in [5, 5.41) is 2.78. The molecule has 1 unspecified atom stereocenters. The summed E-state index contributed by atoms with van der Waals surface area (Å²) in [4.78, 5) is 39.1. The minimum Gasteiger partial charge on any atom is -0.354 e. The smallest absolute Gasteiger partial charge is 0.332 e. The van der Waals surface area contributed by atoms with E-state index in [1.165, 1.54) is 4.90 Å². The molecule has 2 aliphatic rings. The molecule has 0 bridgehead atoms. The first kappa shape index (κ1) is 14.6. The normalized spacial score (nSPS) is 21.4. The number of hydrogen-bond acceptors (Lipinski definition) is 3. The highest BCUT2D eigenvalue weighted by atomic mass is 16.2. The summed E-state index contributed by atoms with van der Waals surface area (Å²) in [5.41, 5.74) is 0.661. The monoisotopic (exact) mass is 301 g/mol. The third-order valence-corrected chi connectivity index (χ3v) is 4.07. The number of imide groups is 1. The van der Waals surface area contributed by atoms with Crippen LogP contribution in [0.25, 0.3) is 0 Å². The lowest BCUT2D eigenvalue weighted by atomic mass is 10.2. The molecule has 1 aromatic carbocycles. The van der Waals surface area contributed by atoms with Gasteiger partial charge in [0.25, 0.3) is 5.91 Å². The Kier molecular flexibility index (Phi) is 3.83. The molecule has 0 spiro atoms. The lowest BCUT2D eigenvalue weighted by Crippen LogP contribution is -2.42. The summed E-state index contributed by atoms with van der Waals surface area (Å²) in [6, 6.07) is 7.99. The molecule has 6 heteroatoms. The molecular formula is C16H19N3O3. The average Bonchev–Trinajstić information content (AvgIpc) is 3.32. The maximum absolute atomic E-state index is 12.5. The Morgan fingerprint density at radius 3 is 2.55 bits per heavy atom. The number of anilines is 1. The van der Waals surface area contributed by atoms with Gasteiger partial charge >= 0.3 is 6.03 Å². The van der Waals surface area contributed by atoms with Gasteiger partial charge in [0.15, 0.2) is 0 Å². The Morgan fingerprint density at radius 2 is 1.91 bits per heavy atom. The van der Waals surface area contributed by atoms with Gasteiger partial charge in [0, 0.05) is 12.2 Å². The molecule has 22 heavy (non-hydrogen) atoms. The first-order valence-corrected chi connectivity index (χ1v) is 7.54. The van der Waals surface area contributed by atoms with E-state index in [1.807, 2.05) is 18.2 Å². The van der Waals surface area contributed by atoms with Crippen LogP contribution in [0.3, 0.4) is 0 Å². The summed E-state index contributed by atoms with van der Waals surface area (Å²) in [5.74, 6) is -0.0557. The number of rotatable bonds is 5. The van der Waals surface area contributed by atoms with E-state index in [9.17, 15) is 14.4 Å². The molecule has 4 amide bonds. The van der Waals surface area contributed by atoms with Gasteiger partial charge < -0.3 is 5.32 Å². The zero-order valence-electron chi connectivity index (χ0n) is 12.5. The van der Waals surface area contributed by atoms with Crippen molar-refractivity contribution in [2.24, 2.45) is 5.92 Å².